The first kappa shape index (κ1) is 27.9. The molecular weight excluding hydrogens is 509 g/mol. The van der Waals surface area contributed by atoms with E-state index in [9.17, 15) is 23.1 Å². The van der Waals surface area contributed by atoms with Crippen LogP contribution in [0.25, 0.3) is 0 Å². The highest BCUT2D eigenvalue weighted by molar-refractivity contribution is 8.14. The molecule has 0 radical (unpaired) electrons. The number of carbonyl (C=O) groups is 1. The second-order valence-electron chi connectivity index (χ2n) is 10.6. The second kappa shape index (κ2) is 10.6. The summed E-state index contributed by atoms with van der Waals surface area (Å²) >= 11 is 1.08. The quantitative estimate of drug-likeness (QED) is 0.472. The number of thioether (sulfide) groups is 1. The summed E-state index contributed by atoms with van der Waals surface area (Å²) in [5.74, 6) is 0. The third-order valence-corrected chi connectivity index (χ3v) is 7.76. The Morgan fingerprint density at radius 2 is 2.00 bits per heavy atom. The molecule has 4 rings (SSSR count). The summed E-state index contributed by atoms with van der Waals surface area (Å²) in [7, 11) is 0. The largest absolute Gasteiger partial charge is 0.443 e. The van der Waals surface area contributed by atoms with Crippen LogP contribution in [0.1, 0.15) is 45.6 Å². The van der Waals surface area contributed by atoms with E-state index in [1.54, 1.807) is 26.8 Å². The average Bonchev–Trinajstić information content (AvgIpc) is 3.48. The van der Waals surface area contributed by atoms with Crippen molar-refractivity contribution in [3.05, 3.63) is 48.6 Å². The van der Waals surface area contributed by atoms with Gasteiger partial charge in [0.1, 0.15) is 17.1 Å². The normalized spacial score (nSPS) is 27.3. The molecule has 2 heterocycles. The Morgan fingerprint density at radius 1 is 1.32 bits per heavy atom. The molecule has 1 amide bonds. The molecule has 1 aliphatic carbocycles. The molecule has 11 heteroatoms. The lowest BCUT2D eigenvalue weighted by Crippen LogP contribution is -2.60. The van der Waals surface area contributed by atoms with Crippen LogP contribution < -0.4 is 0 Å². The molecule has 1 saturated carbocycles. The summed E-state index contributed by atoms with van der Waals surface area (Å²) in [5, 5.41) is 10.6. The van der Waals surface area contributed by atoms with Crippen molar-refractivity contribution in [3.63, 3.8) is 0 Å². The molecule has 37 heavy (non-hydrogen) atoms. The minimum absolute atomic E-state index is 0.0716. The van der Waals surface area contributed by atoms with Gasteiger partial charge >= 0.3 is 12.3 Å². The number of nitrogens with zero attached hydrogens (tertiary/aromatic N) is 2. The number of rotatable bonds is 7. The van der Waals surface area contributed by atoms with Crippen LogP contribution in [0.15, 0.2) is 48.0 Å². The monoisotopic (exact) mass is 542 g/mol. The van der Waals surface area contributed by atoms with Crippen molar-refractivity contribution in [2.75, 3.05) is 6.54 Å². The SMILES string of the molecule is C=CCCN(C(=O)OC(C)(C)C)C1=N[C@H]2[C@H](O[C@H](C(O)C(F)(F)F)[C@@H](OCc3ccccc3)C23CC3)S1. The molecule has 1 unspecified atom stereocenters. The van der Waals surface area contributed by atoms with E-state index < -0.39 is 53.1 Å². The number of aliphatic hydroxyl groups excluding tert-OH is 1. The maximum Gasteiger partial charge on any atom is 0.417 e. The molecule has 0 bridgehead atoms. The smallest absolute Gasteiger partial charge is 0.417 e. The predicted molar refractivity (Wildman–Crippen MR) is 134 cm³/mol. The van der Waals surface area contributed by atoms with Crippen LogP contribution in [-0.4, -0.2) is 69.4 Å². The number of benzene rings is 1. The third-order valence-electron chi connectivity index (χ3n) is 6.62. The van der Waals surface area contributed by atoms with Crippen LogP contribution >= 0.6 is 11.8 Å². The fourth-order valence-electron chi connectivity index (χ4n) is 4.71. The Hall–Kier alpha value is -2.08. The minimum Gasteiger partial charge on any atom is -0.443 e. The number of fused-ring (bicyclic) bond motifs is 2. The van der Waals surface area contributed by atoms with Gasteiger partial charge in [-0.15, -0.1) is 6.58 Å². The molecular formula is C26H33F3N2O5S. The van der Waals surface area contributed by atoms with E-state index in [1.165, 1.54) is 4.90 Å². The summed E-state index contributed by atoms with van der Waals surface area (Å²) in [6.45, 7) is 9.28. The Morgan fingerprint density at radius 3 is 2.57 bits per heavy atom. The van der Waals surface area contributed by atoms with Gasteiger partial charge in [-0.2, -0.15) is 13.2 Å². The number of hydrogen-bond acceptors (Lipinski definition) is 7. The van der Waals surface area contributed by atoms with Crippen molar-refractivity contribution in [1.82, 2.24) is 4.90 Å². The highest BCUT2D eigenvalue weighted by atomic mass is 32.2. The average molecular weight is 543 g/mol. The zero-order valence-corrected chi connectivity index (χ0v) is 21.9. The van der Waals surface area contributed by atoms with Crippen LogP contribution in [0, 0.1) is 5.41 Å². The fourth-order valence-corrected chi connectivity index (χ4v) is 6.03. The molecule has 1 aromatic carbocycles. The molecule has 0 aromatic heterocycles. The number of halogens is 3. The minimum atomic E-state index is -4.89. The van der Waals surface area contributed by atoms with Crippen molar-refractivity contribution in [2.45, 2.75) is 88.2 Å². The van der Waals surface area contributed by atoms with Gasteiger partial charge in [0.25, 0.3) is 0 Å². The molecule has 3 aliphatic rings. The standard InChI is InChI=1S/C26H33F3N2O5S/c1-5-6-14-31(23(33)36-24(2,3)4)22-30-18-21(37-22)35-17(19(32)26(27,28)29)20(25(18)12-13-25)34-15-16-10-8-7-9-11-16/h5,7-11,17-21,32H,1,6,12-15H2,2-4H3/t17-,18+,19?,20-,21-/m1/s1. The lowest BCUT2D eigenvalue weighted by molar-refractivity contribution is -0.276. The maximum atomic E-state index is 13.7. The maximum absolute atomic E-state index is 13.7. The van der Waals surface area contributed by atoms with Crippen LogP contribution in [-0.2, 0) is 20.8 Å². The van der Waals surface area contributed by atoms with Gasteiger partial charge in [0, 0.05) is 12.0 Å². The van der Waals surface area contributed by atoms with Gasteiger partial charge in [0.15, 0.2) is 11.3 Å². The van der Waals surface area contributed by atoms with Gasteiger partial charge in [-0.1, -0.05) is 48.2 Å². The van der Waals surface area contributed by atoms with Crippen LogP contribution in [0.4, 0.5) is 18.0 Å². The summed E-state index contributed by atoms with van der Waals surface area (Å²) in [6, 6.07) is 8.59. The number of carbonyl (C=O) groups excluding carboxylic acids is 1. The zero-order chi connectivity index (χ0) is 27.0. The number of aliphatic hydroxyl groups is 1. The number of aliphatic imine (C=N–C) groups is 1. The third kappa shape index (κ3) is 6.16. The molecule has 204 valence electrons. The predicted octanol–water partition coefficient (Wildman–Crippen LogP) is 5.28. The summed E-state index contributed by atoms with van der Waals surface area (Å²) in [4.78, 5) is 19.2. The van der Waals surface area contributed by atoms with E-state index in [0.717, 1.165) is 17.3 Å². The molecule has 1 spiro atoms. The highest BCUT2D eigenvalue weighted by Gasteiger charge is 2.68. The first-order chi connectivity index (χ1) is 17.4. The number of amides is 1. The summed E-state index contributed by atoms with van der Waals surface area (Å²) in [5.41, 5.74) is -1.48. The highest BCUT2D eigenvalue weighted by Crippen LogP contribution is 2.62. The number of amidine groups is 1. The van der Waals surface area contributed by atoms with Crippen molar-refractivity contribution in [3.8, 4) is 0 Å². The van der Waals surface area contributed by atoms with Gasteiger partial charge in [-0.3, -0.25) is 9.89 Å². The van der Waals surface area contributed by atoms with E-state index in [2.05, 4.69) is 6.58 Å². The van der Waals surface area contributed by atoms with Crippen molar-refractivity contribution >= 4 is 23.0 Å². The molecule has 1 saturated heterocycles. The number of alkyl halides is 3. The lowest BCUT2D eigenvalue weighted by Gasteiger charge is -2.45. The van der Waals surface area contributed by atoms with E-state index in [4.69, 9.17) is 19.2 Å². The first-order valence-electron chi connectivity index (χ1n) is 12.3. The molecule has 2 fully saturated rings. The van der Waals surface area contributed by atoms with Crippen LogP contribution in [0.2, 0.25) is 0 Å². The van der Waals surface area contributed by atoms with Gasteiger partial charge < -0.3 is 19.3 Å². The second-order valence-corrected chi connectivity index (χ2v) is 11.7. The van der Waals surface area contributed by atoms with Gasteiger partial charge in [0.05, 0.1) is 18.8 Å². The Kier molecular flexibility index (Phi) is 8.00. The fraction of sp³-hybridized carbons (Fsp3) is 0.615. The Balaban J connectivity index is 1.62. The van der Waals surface area contributed by atoms with Crippen molar-refractivity contribution in [1.29, 1.82) is 0 Å². The van der Waals surface area contributed by atoms with E-state index in [-0.39, 0.29) is 13.2 Å². The summed E-state index contributed by atoms with van der Waals surface area (Å²) in [6.07, 6.45) is -7.59. The summed E-state index contributed by atoms with van der Waals surface area (Å²) < 4.78 is 58.6. The van der Waals surface area contributed by atoms with Crippen molar-refractivity contribution < 1.29 is 37.3 Å². The zero-order valence-electron chi connectivity index (χ0n) is 21.1. The topological polar surface area (TPSA) is 80.6 Å². The number of ether oxygens (including phenoxy) is 3. The van der Waals surface area contributed by atoms with E-state index in [1.807, 2.05) is 30.3 Å². The Labute approximate surface area is 219 Å². The van der Waals surface area contributed by atoms with Crippen LogP contribution in [0.5, 0.6) is 0 Å². The van der Waals surface area contributed by atoms with E-state index in [0.29, 0.717) is 24.4 Å². The van der Waals surface area contributed by atoms with Gasteiger partial charge in [0.2, 0.25) is 0 Å². The molecule has 5 atom stereocenters. The first-order valence-corrected chi connectivity index (χ1v) is 13.2. The Bertz CT molecular complexity index is 1010. The number of hydrogen-bond donors (Lipinski definition) is 1. The van der Waals surface area contributed by atoms with E-state index >= 15 is 0 Å². The molecule has 2 aliphatic heterocycles. The van der Waals surface area contributed by atoms with Crippen LogP contribution in [0.3, 0.4) is 0 Å². The van der Waals surface area contributed by atoms with Gasteiger partial charge in [-0.05, 0) is 45.6 Å². The molecule has 1 N–H and O–H groups in total. The molecule has 1 aromatic rings. The molecule has 7 nitrogen and oxygen atoms in total. The van der Waals surface area contributed by atoms with Gasteiger partial charge in [-0.25, -0.2) is 4.79 Å². The van der Waals surface area contributed by atoms with Crippen molar-refractivity contribution in [2.24, 2.45) is 10.4 Å². The lowest BCUT2D eigenvalue weighted by atomic mass is 9.82.